The minimum absolute atomic E-state index is 0.117. The van der Waals surface area contributed by atoms with Crippen molar-refractivity contribution in [1.29, 1.82) is 0 Å². The summed E-state index contributed by atoms with van der Waals surface area (Å²) in [5.41, 5.74) is 3.35. The van der Waals surface area contributed by atoms with Crippen molar-refractivity contribution in [3.63, 3.8) is 0 Å². The second-order valence-electron chi connectivity index (χ2n) is 11.1. The van der Waals surface area contributed by atoms with Crippen LogP contribution in [0.15, 0.2) is 47.4 Å². The number of hydrogen-bond acceptors (Lipinski definition) is 7. The topological polar surface area (TPSA) is 110 Å². The zero-order chi connectivity index (χ0) is 26.3. The van der Waals surface area contributed by atoms with Crippen molar-refractivity contribution in [2.24, 2.45) is 5.92 Å². The Morgan fingerprint density at radius 2 is 1.95 bits per heavy atom. The van der Waals surface area contributed by atoms with Crippen molar-refractivity contribution in [3.05, 3.63) is 69.8 Å². The molecule has 0 amide bonds. The van der Waals surface area contributed by atoms with Gasteiger partial charge in [0.05, 0.1) is 5.69 Å². The Morgan fingerprint density at radius 3 is 2.76 bits per heavy atom. The predicted molar refractivity (Wildman–Crippen MR) is 148 cm³/mol. The predicted octanol–water partition coefficient (Wildman–Crippen LogP) is 4.17. The molecule has 1 aliphatic heterocycles. The molecule has 38 heavy (non-hydrogen) atoms. The van der Waals surface area contributed by atoms with E-state index in [0.29, 0.717) is 41.0 Å². The maximum absolute atomic E-state index is 13.7. The molecule has 0 bridgehead atoms. The molecule has 0 spiro atoms. The van der Waals surface area contributed by atoms with Crippen molar-refractivity contribution in [1.82, 2.24) is 29.6 Å². The number of benzene rings is 1. The monoisotopic (exact) mass is 513 g/mol. The van der Waals surface area contributed by atoms with Gasteiger partial charge in [-0.1, -0.05) is 31.4 Å². The number of anilines is 2. The Morgan fingerprint density at radius 1 is 1.11 bits per heavy atom. The highest BCUT2D eigenvalue weighted by atomic mass is 16.3. The van der Waals surface area contributed by atoms with Crippen LogP contribution in [0.3, 0.4) is 0 Å². The van der Waals surface area contributed by atoms with Crippen molar-refractivity contribution in [2.45, 2.75) is 71.1 Å². The summed E-state index contributed by atoms with van der Waals surface area (Å²) in [6.45, 7) is 5.87. The van der Waals surface area contributed by atoms with Crippen molar-refractivity contribution >= 4 is 22.7 Å². The molecule has 6 rings (SSSR count). The molecule has 1 aromatic carbocycles. The molecule has 0 radical (unpaired) electrons. The van der Waals surface area contributed by atoms with Crippen LogP contribution >= 0.6 is 0 Å². The minimum atomic E-state index is -1.11. The standard InChI is InChI=1S/C29H35N7O2/c1-29(2,38)24-9-6-10-25(33-24)36-26-23(27(37)35(36)18-19-7-4-3-5-8-19)17-31-28(34-26)32-22-12-11-21-16-30-14-13-20(21)15-22/h6,9-12,15,17,19,30,38H,3-5,7-8,13-14,16,18H2,1-2H3,(H,31,32,34). The van der Waals surface area contributed by atoms with E-state index in [2.05, 4.69) is 27.8 Å². The first-order valence-corrected chi connectivity index (χ1v) is 13.7. The molecule has 1 aliphatic carbocycles. The highest BCUT2D eigenvalue weighted by Crippen LogP contribution is 2.27. The molecule has 1 fully saturated rings. The van der Waals surface area contributed by atoms with Gasteiger partial charge in [0, 0.05) is 25.0 Å². The molecule has 9 nitrogen and oxygen atoms in total. The molecule has 3 aromatic heterocycles. The molecule has 0 unspecified atom stereocenters. The Labute approximate surface area is 221 Å². The van der Waals surface area contributed by atoms with Crippen LogP contribution in [-0.2, 0) is 25.1 Å². The second kappa shape index (κ2) is 9.96. The normalized spacial score (nSPS) is 16.5. The van der Waals surface area contributed by atoms with Gasteiger partial charge in [-0.3, -0.25) is 4.79 Å². The van der Waals surface area contributed by atoms with Crippen LogP contribution in [0.5, 0.6) is 0 Å². The summed E-state index contributed by atoms with van der Waals surface area (Å²) in [6.07, 6.45) is 8.45. The maximum atomic E-state index is 13.7. The van der Waals surface area contributed by atoms with Gasteiger partial charge in [-0.15, -0.1) is 0 Å². The number of pyridine rings is 1. The van der Waals surface area contributed by atoms with Gasteiger partial charge in [0.2, 0.25) is 5.95 Å². The summed E-state index contributed by atoms with van der Waals surface area (Å²) in [7, 11) is 0. The average molecular weight is 514 g/mol. The number of hydrogen-bond donors (Lipinski definition) is 3. The fourth-order valence-electron chi connectivity index (χ4n) is 5.67. The SMILES string of the molecule is CC(C)(O)c1cccc(-n2c3nc(Nc4ccc5c(c4)CCNC5)ncc3c(=O)n2CC2CCCCC2)n1. The number of nitrogens with one attached hydrogen (secondary N) is 2. The summed E-state index contributed by atoms with van der Waals surface area (Å²) in [6, 6.07) is 11.8. The van der Waals surface area contributed by atoms with Crippen molar-refractivity contribution in [3.8, 4) is 5.82 Å². The Balaban J connectivity index is 1.45. The van der Waals surface area contributed by atoms with E-state index >= 15 is 0 Å². The minimum Gasteiger partial charge on any atom is -0.384 e. The highest BCUT2D eigenvalue weighted by molar-refractivity contribution is 5.77. The highest BCUT2D eigenvalue weighted by Gasteiger charge is 2.24. The number of fused-ring (bicyclic) bond motifs is 2. The van der Waals surface area contributed by atoms with Gasteiger partial charge in [-0.2, -0.15) is 4.98 Å². The molecule has 0 saturated heterocycles. The fourth-order valence-corrected chi connectivity index (χ4v) is 5.67. The summed E-state index contributed by atoms with van der Waals surface area (Å²) in [5, 5.41) is 17.8. The Hall–Kier alpha value is -3.56. The Bertz CT molecular complexity index is 1530. The molecule has 4 heterocycles. The van der Waals surface area contributed by atoms with Crippen LogP contribution in [0.4, 0.5) is 11.6 Å². The molecule has 198 valence electrons. The molecular formula is C29H35N7O2. The van der Waals surface area contributed by atoms with Crippen molar-refractivity contribution < 1.29 is 5.11 Å². The lowest BCUT2D eigenvalue weighted by Gasteiger charge is -2.23. The quantitative estimate of drug-likeness (QED) is 0.355. The summed E-state index contributed by atoms with van der Waals surface area (Å²) in [5.74, 6) is 1.41. The van der Waals surface area contributed by atoms with Gasteiger partial charge in [0.1, 0.15) is 11.0 Å². The van der Waals surface area contributed by atoms with E-state index in [9.17, 15) is 9.90 Å². The van der Waals surface area contributed by atoms with Crippen LogP contribution in [-0.4, -0.2) is 36.0 Å². The maximum Gasteiger partial charge on any atom is 0.278 e. The molecule has 2 aliphatic rings. The van der Waals surface area contributed by atoms with E-state index in [4.69, 9.17) is 9.97 Å². The third-order valence-electron chi connectivity index (χ3n) is 7.76. The third kappa shape index (κ3) is 4.83. The lowest BCUT2D eigenvalue weighted by atomic mass is 9.89. The number of nitrogens with zero attached hydrogens (tertiary/aromatic N) is 5. The lowest BCUT2D eigenvalue weighted by Crippen LogP contribution is -2.28. The number of rotatable bonds is 6. The van der Waals surface area contributed by atoms with Crippen LogP contribution < -0.4 is 16.2 Å². The summed E-state index contributed by atoms with van der Waals surface area (Å²) in [4.78, 5) is 27.8. The smallest absolute Gasteiger partial charge is 0.278 e. The summed E-state index contributed by atoms with van der Waals surface area (Å²) >= 11 is 0. The van der Waals surface area contributed by atoms with Crippen LogP contribution in [0.1, 0.15) is 62.8 Å². The first-order valence-electron chi connectivity index (χ1n) is 13.7. The van der Waals surface area contributed by atoms with Gasteiger partial charge in [-0.25, -0.2) is 19.3 Å². The van der Waals surface area contributed by atoms with Crippen LogP contribution in [0.25, 0.3) is 16.9 Å². The molecule has 9 heteroatoms. The molecule has 4 aromatic rings. The van der Waals surface area contributed by atoms with Crippen LogP contribution in [0, 0.1) is 5.92 Å². The second-order valence-corrected chi connectivity index (χ2v) is 11.1. The zero-order valence-corrected chi connectivity index (χ0v) is 22.1. The van der Waals surface area contributed by atoms with E-state index in [1.165, 1.54) is 30.4 Å². The van der Waals surface area contributed by atoms with Gasteiger partial charge in [-0.05, 0) is 81.0 Å². The van der Waals surface area contributed by atoms with Gasteiger partial charge in [0.15, 0.2) is 11.5 Å². The van der Waals surface area contributed by atoms with Gasteiger partial charge >= 0.3 is 0 Å². The zero-order valence-electron chi connectivity index (χ0n) is 22.1. The van der Waals surface area contributed by atoms with Crippen LogP contribution in [0.2, 0.25) is 0 Å². The van der Waals surface area contributed by atoms with E-state index in [-0.39, 0.29) is 5.56 Å². The Kier molecular flexibility index (Phi) is 6.49. The molecule has 1 saturated carbocycles. The van der Waals surface area contributed by atoms with E-state index in [1.807, 2.05) is 22.9 Å². The van der Waals surface area contributed by atoms with E-state index in [0.717, 1.165) is 38.0 Å². The lowest BCUT2D eigenvalue weighted by molar-refractivity contribution is 0.0737. The molecular weight excluding hydrogens is 478 g/mol. The first-order chi connectivity index (χ1) is 18.4. The molecule has 0 atom stereocenters. The van der Waals surface area contributed by atoms with Gasteiger partial charge < -0.3 is 15.7 Å². The number of aliphatic hydroxyl groups is 1. The third-order valence-corrected chi connectivity index (χ3v) is 7.76. The van der Waals surface area contributed by atoms with E-state index < -0.39 is 5.60 Å². The number of aromatic nitrogens is 5. The average Bonchev–Trinajstić information content (AvgIpc) is 3.19. The molecule has 3 N–H and O–H groups in total. The largest absolute Gasteiger partial charge is 0.384 e. The first kappa shape index (κ1) is 24.8. The van der Waals surface area contributed by atoms with Crippen molar-refractivity contribution in [2.75, 3.05) is 11.9 Å². The van der Waals surface area contributed by atoms with E-state index in [1.54, 1.807) is 30.8 Å². The van der Waals surface area contributed by atoms with Gasteiger partial charge in [0.25, 0.3) is 5.56 Å². The summed E-state index contributed by atoms with van der Waals surface area (Å²) < 4.78 is 3.58. The fraction of sp³-hybridized carbons (Fsp3) is 0.448.